The van der Waals surface area contributed by atoms with E-state index in [2.05, 4.69) is 4.99 Å². The van der Waals surface area contributed by atoms with Crippen molar-refractivity contribution in [2.24, 2.45) is 4.99 Å². The minimum Gasteiger partial charge on any atom is -0.260 e. The predicted molar refractivity (Wildman–Crippen MR) is 102 cm³/mol. The minimum atomic E-state index is -3.78. The van der Waals surface area contributed by atoms with Crippen molar-refractivity contribution in [3.63, 3.8) is 0 Å². The fraction of sp³-hybridized carbons (Fsp3) is 0.235. The van der Waals surface area contributed by atoms with Gasteiger partial charge in [-0.05, 0) is 24.6 Å². The van der Waals surface area contributed by atoms with E-state index in [-0.39, 0.29) is 17.1 Å². The van der Waals surface area contributed by atoms with E-state index in [1.807, 2.05) is 31.2 Å². The lowest BCUT2D eigenvalue weighted by atomic mass is 10.2. The molecule has 0 saturated heterocycles. The minimum absolute atomic E-state index is 0.0219. The molecule has 1 aliphatic heterocycles. The van der Waals surface area contributed by atoms with Crippen LogP contribution in [0.3, 0.4) is 0 Å². The van der Waals surface area contributed by atoms with Gasteiger partial charge in [0.25, 0.3) is 15.7 Å². The zero-order valence-corrected chi connectivity index (χ0v) is 15.7. The molecule has 26 heavy (non-hydrogen) atoms. The van der Waals surface area contributed by atoms with Crippen molar-refractivity contribution >= 4 is 32.6 Å². The normalized spacial score (nSPS) is 14.3. The molecule has 2 aromatic carbocycles. The number of non-ortho nitro benzene ring substituents is 1. The summed E-state index contributed by atoms with van der Waals surface area (Å²) in [6.07, 6.45) is 0. The summed E-state index contributed by atoms with van der Waals surface area (Å²) in [7, 11) is -3.78. The highest BCUT2D eigenvalue weighted by Gasteiger charge is 2.31. The Bertz CT molecular complexity index is 939. The van der Waals surface area contributed by atoms with Gasteiger partial charge in [0.15, 0.2) is 5.17 Å². The lowest BCUT2D eigenvalue weighted by Crippen LogP contribution is -2.32. The zero-order chi connectivity index (χ0) is 18.7. The molecular weight excluding hydrogens is 374 g/mol. The maximum Gasteiger partial charge on any atom is 0.269 e. The van der Waals surface area contributed by atoms with Gasteiger partial charge in [-0.1, -0.05) is 41.6 Å². The monoisotopic (exact) mass is 391 g/mol. The second-order valence-corrected chi connectivity index (χ2v) is 8.57. The van der Waals surface area contributed by atoms with Gasteiger partial charge in [-0.25, -0.2) is 12.7 Å². The third kappa shape index (κ3) is 3.88. The molecule has 0 aliphatic carbocycles. The van der Waals surface area contributed by atoms with Gasteiger partial charge in [0.05, 0.1) is 22.9 Å². The maximum atomic E-state index is 12.8. The lowest BCUT2D eigenvalue weighted by molar-refractivity contribution is -0.384. The SMILES string of the molecule is Cc1ccc(CSC2=NCCN2S(=O)(=O)c2ccc([N+](=O)[O-])cc2)cc1. The van der Waals surface area contributed by atoms with Gasteiger partial charge in [0.1, 0.15) is 0 Å². The van der Waals surface area contributed by atoms with E-state index in [0.717, 1.165) is 5.56 Å². The van der Waals surface area contributed by atoms with Crippen LogP contribution < -0.4 is 0 Å². The van der Waals surface area contributed by atoms with Gasteiger partial charge in [0.2, 0.25) is 0 Å². The largest absolute Gasteiger partial charge is 0.269 e. The number of sulfonamides is 1. The van der Waals surface area contributed by atoms with Crippen LogP contribution in [0.5, 0.6) is 0 Å². The molecule has 136 valence electrons. The second kappa shape index (κ2) is 7.46. The van der Waals surface area contributed by atoms with Gasteiger partial charge in [-0.3, -0.25) is 15.1 Å². The topological polar surface area (TPSA) is 92.9 Å². The predicted octanol–water partition coefficient (Wildman–Crippen LogP) is 3.20. The lowest BCUT2D eigenvalue weighted by Gasteiger charge is -2.19. The van der Waals surface area contributed by atoms with Crippen LogP contribution in [0.4, 0.5) is 5.69 Å². The molecule has 7 nitrogen and oxygen atoms in total. The number of hydrogen-bond acceptors (Lipinski definition) is 6. The Kier molecular flexibility index (Phi) is 5.28. The van der Waals surface area contributed by atoms with Crippen LogP contribution in [0.15, 0.2) is 58.4 Å². The van der Waals surface area contributed by atoms with Gasteiger partial charge in [0, 0.05) is 17.9 Å². The number of rotatable bonds is 5. The molecule has 0 atom stereocenters. The molecule has 0 unspecified atom stereocenters. The van der Waals surface area contributed by atoms with Crippen LogP contribution in [0.1, 0.15) is 11.1 Å². The van der Waals surface area contributed by atoms with E-state index in [1.54, 1.807) is 0 Å². The van der Waals surface area contributed by atoms with Crippen LogP contribution in [-0.2, 0) is 15.8 Å². The second-order valence-electron chi connectivity index (χ2n) is 5.77. The molecule has 2 aromatic rings. The van der Waals surface area contributed by atoms with Crippen LogP contribution in [-0.4, -0.2) is 35.9 Å². The molecule has 0 aromatic heterocycles. The molecule has 0 amide bonds. The summed E-state index contributed by atoms with van der Waals surface area (Å²) < 4.78 is 27.0. The number of nitro groups is 1. The fourth-order valence-corrected chi connectivity index (χ4v) is 5.13. The van der Waals surface area contributed by atoms with E-state index < -0.39 is 14.9 Å². The summed E-state index contributed by atoms with van der Waals surface area (Å²) in [6.45, 7) is 2.69. The first-order valence-corrected chi connectivity index (χ1v) is 10.3. The molecule has 9 heteroatoms. The number of hydrogen-bond donors (Lipinski definition) is 0. The summed E-state index contributed by atoms with van der Waals surface area (Å²) in [4.78, 5) is 14.5. The first-order valence-electron chi connectivity index (χ1n) is 7.88. The average Bonchev–Trinajstić information content (AvgIpc) is 3.11. The van der Waals surface area contributed by atoms with E-state index in [4.69, 9.17) is 0 Å². The standard InChI is InChI=1S/C17H17N3O4S2/c1-13-2-4-14(5-3-13)12-25-17-18-10-11-19(17)26(23,24)16-8-6-15(7-9-16)20(21)22/h2-9H,10-12H2,1H3. The number of amidine groups is 1. The van der Waals surface area contributed by atoms with E-state index in [1.165, 1.54) is 45.9 Å². The summed E-state index contributed by atoms with van der Waals surface area (Å²) in [5.74, 6) is 0.616. The van der Waals surface area contributed by atoms with E-state index in [9.17, 15) is 18.5 Å². The van der Waals surface area contributed by atoms with Crippen molar-refractivity contribution < 1.29 is 13.3 Å². The van der Waals surface area contributed by atoms with Gasteiger partial charge >= 0.3 is 0 Å². The number of nitro benzene ring substituents is 1. The number of aryl methyl sites for hydroxylation is 1. The van der Waals surface area contributed by atoms with E-state index in [0.29, 0.717) is 17.5 Å². The summed E-state index contributed by atoms with van der Waals surface area (Å²) in [5, 5.41) is 11.2. The fourth-order valence-electron chi connectivity index (χ4n) is 2.45. The Hall–Kier alpha value is -2.39. The quantitative estimate of drug-likeness (QED) is 0.576. The zero-order valence-electron chi connectivity index (χ0n) is 14.0. The number of aliphatic imine (C=N–C) groups is 1. The summed E-state index contributed by atoms with van der Waals surface area (Å²) in [6, 6.07) is 12.9. The smallest absolute Gasteiger partial charge is 0.260 e. The van der Waals surface area contributed by atoms with Crippen LogP contribution in [0.25, 0.3) is 0 Å². The Morgan fingerprint density at radius 3 is 2.42 bits per heavy atom. The van der Waals surface area contributed by atoms with Crippen molar-refractivity contribution in [1.29, 1.82) is 0 Å². The third-order valence-corrected chi connectivity index (χ3v) is 6.89. The molecule has 0 spiro atoms. The first kappa shape index (κ1) is 18.4. The van der Waals surface area contributed by atoms with E-state index >= 15 is 0 Å². The molecule has 0 fully saturated rings. The Labute approximate surface area is 155 Å². The van der Waals surface area contributed by atoms with Gasteiger partial charge < -0.3 is 0 Å². The molecule has 0 N–H and O–H groups in total. The number of benzene rings is 2. The van der Waals surface area contributed by atoms with Crippen molar-refractivity contribution in [3.8, 4) is 0 Å². The Balaban J connectivity index is 1.75. The number of nitrogens with zero attached hydrogens (tertiary/aromatic N) is 3. The number of thioether (sulfide) groups is 1. The Morgan fingerprint density at radius 2 is 1.81 bits per heavy atom. The molecule has 1 heterocycles. The van der Waals surface area contributed by atoms with Gasteiger partial charge in [-0.15, -0.1) is 0 Å². The van der Waals surface area contributed by atoms with Crippen molar-refractivity contribution in [2.45, 2.75) is 17.6 Å². The first-order chi connectivity index (χ1) is 12.4. The highest BCUT2D eigenvalue weighted by atomic mass is 32.2. The summed E-state index contributed by atoms with van der Waals surface area (Å²) in [5.41, 5.74) is 2.11. The molecule has 0 radical (unpaired) electrons. The maximum absolute atomic E-state index is 12.8. The van der Waals surface area contributed by atoms with Crippen molar-refractivity contribution in [3.05, 3.63) is 69.8 Å². The van der Waals surface area contributed by atoms with Crippen LogP contribution >= 0.6 is 11.8 Å². The molecule has 1 aliphatic rings. The molecule has 3 rings (SSSR count). The summed E-state index contributed by atoms with van der Waals surface area (Å²) >= 11 is 1.37. The molecule has 0 bridgehead atoms. The highest BCUT2D eigenvalue weighted by Crippen LogP contribution is 2.26. The van der Waals surface area contributed by atoms with Crippen LogP contribution in [0.2, 0.25) is 0 Å². The van der Waals surface area contributed by atoms with Crippen molar-refractivity contribution in [2.75, 3.05) is 13.1 Å². The van der Waals surface area contributed by atoms with Crippen molar-refractivity contribution in [1.82, 2.24) is 4.31 Å². The van der Waals surface area contributed by atoms with Crippen LogP contribution in [0, 0.1) is 17.0 Å². The molecular formula is C17H17N3O4S2. The third-order valence-electron chi connectivity index (χ3n) is 3.89. The molecule has 0 saturated carbocycles. The Morgan fingerprint density at radius 1 is 1.15 bits per heavy atom. The highest BCUT2D eigenvalue weighted by molar-refractivity contribution is 8.14. The average molecular weight is 391 g/mol. The van der Waals surface area contributed by atoms with Gasteiger partial charge in [-0.2, -0.15) is 0 Å².